The molecule has 2 rings (SSSR count). The summed E-state index contributed by atoms with van der Waals surface area (Å²) in [5.74, 6) is 0.257. The Balaban J connectivity index is 2.18. The number of methoxy groups -OCH3 is 1. The van der Waals surface area contributed by atoms with Crippen molar-refractivity contribution < 1.29 is 14.2 Å². The molecule has 4 heteroatoms. The van der Waals surface area contributed by atoms with Gasteiger partial charge in [-0.05, 0) is 17.7 Å². The number of aromatic nitrogens is 1. The van der Waals surface area contributed by atoms with Crippen LogP contribution in [0.5, 0.6) is 5.75 Å². The molecule has 0 radical (unpaired) electrons. The molecule has 0 fully saturated rings. The van der Waals surface area contributed by atoms with E-state index in [1.165, 1.54) is 12.3 Å². The molecule has 1 aromatic carbocycles. The second-order valence-corrected chi connectivity index (χ2v) is 3.97. The highest BCUT2D eigenvalue weighted by atomic mass is 19.1. The van der Waals surface area contributed by atoms with Crippen molar-refractivity contribution >= 4 is 0 Å². The molecule has 0 aliphatic heterocycles. The van der Waals surface area contributed by atoms with Crippen LogP contribution in [0.3, 0.4) is 0 Å². The van der Waals surface area contributed by atoms with Gasteiger partial charge in [-0.3, -0.25) is 4.98 Å². The lowest BCUT2D eigenvalue weighted by Gasteiger charge is -2.13. The van der Waals surface area contributed by atoms with Crippen molar-refractivity contribution in [1.29, 1.82) is 0 Å². The van der Waals surface area contributed by atoms with Crippen LogP contribution in [-0.4, -0.2) is 17.2 Å². The van der Waals surface area contributed by atoms with Crippen LogP contribution in [-0.2, 0) is 6.42 Å². The van der Waals surface area contributed by atoms with Crippen molar-refractivity contribution in [2.75, 3.05) is 7.11 Å². The van der Waals surface area contributed by atoms with Gasteiger partial charge in [-0.1, -0.05) is 18.2 Å². The third-order valence-corrected chi connectivity index (χ3v) is 2.72. The van der Waals surface area contributed by atoms with Gasteiger partial charge in [-0.2, -0.15) is 0 Å². The number of rotatable bonds is 4. The maximum Gasteiger partial charge on any atom is 0.141 e. The topological polar surface area (TPSA) is 42.4 Å². The first-order chi connectivity index (χ1) is 8.70. The van der Waals surface area contributed by atoms with Gasteiger partial charge in [0.1, 0.15) is 11.6 Å². The van der Waals surface area contributed by atoms with Crippen molar-refractivity contribution in [2.45, 2.75) is 12.5 Å². The number of aliphatic hydroxyl groups excluding tert-OH is 1. The fraction of sp³-hybridized carbons (Fsp3) is 0.214. The quantitative estimate of drug-likeness (QED) is 0.902. The minimum absolute atomic E-state index is 0.356. The minimum atomic E-state index is -0.801. The number of hydrogen-bond acceptors (Lipinski definition) is 3. The summed E-state index contributed by atoms with van der Waals surface area (Å²) in [7, 11) is 1.58. The summed E-state index contributed by atoms with van der Waals surface area (Å²) in [4.78, 5) is 3.72. The number of pyridine rings is 1. The van der Waals surface area contributed by atoms with Crippen LogP contribution in [0.2, 0.25) is 0 Å². The molecule has 0 spiro atoms. The zero-order chi connectivity index (χ0) is 13.0. The monoisotopic (exact) mass is 247 g/mol. The van der Waals surface area contributed by atoms with E-state index in [0.29, 0.717) is 17.7 Å². The lowest BCUT2D eigenvalue weighted by atomic mass is 10.0. The minimum Gasteiger partial charge on any atom is -0.496 e. The maximum atomic E-state index is 13.0. The van der Waals surface area contributed by atoms with Crippen molar-refractivity contribution in [3.8, 4) is 5.75 Å². The molecule has 1 aromatic heterocycles. The molecule has 0 aliphatic carbocycles. The molecule has 0 saturated heterocycles. The van der Waals surface area contributed by atoms with E-state index in [-0.39, 0.29) is 0 Å². The number of benzene rings is 1. The van der Waals surface area contributed by atoms with Gasteiger partial charge in [0.2, 0.25) is 0 Å². The van der Waals surface area contributed by atoms with Crippen molar-refractivity contribution in [3.05, 3.63) is 59.7 Å². The van der Waals surface area contributed by atoms with Crippen molar-refractivity contribution in [1.82, 2.24) is 4.98 Å². The van der Waals surface area contributed by atoms with Crippen molar-refractivity contribution in [2.24, 2.45) is 0 Å². The molecule has 94 valence electrons. The SMILES string of the molecule is COc1ccccc1CC(O)c1cncc(F)c1. The highest BCUT2D eigenvalue weighted by Crippen LogP contribution is 2.24. The molecule has 0 amide bonds. The van der Waals surface area contributed by atoms with Crippen LogP contribution < -0.4 is 4.74 Å². The number of halogens is 1. The second kappa shape index (κ2) is 5.60. The highest BCUT2D eigenvalue weighted by molar-refractivity contribution is 5.34. The number of ether oxygens (including phenoxy) is 1. The standard InChI is InChI=1S/C14H14FNO2/c1-18-14-5-3-2-4-10(14)7-13(17)11-6-12(15)9-16-8-11/h2-6,8-9,13,17H,7H2,1H3. The van der Waals surface area contributed by atoms with E-state index >= 15 is 0 Å². The first-order valence-electron chi connectivity index (χ1n) is 5.61. The summed E-state index contributed by atoms with van der Waals surface area (Å²) >= 11 is 0. The van der Waals surface area contributed by atoms with Gasteiger partial charge >= 0.3 is 0 Å². The van der Waals surface area contributed by atoms with Crippen LogP contribution in [0, 0.1) is 5.82 Å². The van der Waals surface area contributed by atoms with Crippen LogP contribution in [0.1, 0.15) is 17.2 Å². The molecular formula is C14H14FNO2. The van der Waals surface area contributed by atoms with E-state index in [0.717, 1.165) is 11.8 Å². The summed E-state index contributed by atoms with van der Waals surface area (Å²) in [6.07, 6.45) is 2.13. The smallest absolute Gasteiger partial charge is 0.141 e. The maximum absolute atomic E-state index is 13.0. The van der Waals surface area contributed by atoms with Gasteiger partial charge in [0, 0.05) is 18.2 Å². The molecular weight excluding hydrogens is 233 g/mol. The predicted octanol–water partition coefficient (Wildman–Crippen LogP) is 2.51. The largest absolute Gasteiger partial charge is 0.496 e. The molecule has 0 saturated carbocycles. The lowest BCUT2D eigenvalue weighted by Crippen LogP contribution is -2.04. The molecule has 2 aromatic rings. The van der Waals surface area contributed by atoms with Gasteiger partial charge in [-0.25, -0.2) is 4.39 Å². The van der Waals surface area contributed by atoms with Crippen LogP contribution in [0.25, 0.3) is 0 Å². The Labute approximate surface area is 105 Å². The van der Waals surface area contributed by atoms with Crippen LogP contribution >= 0.6 is 0 Å². The fourth-order valence-corrected chi connectivity index (χ4v) is 1.81. The molecule has 0 aliphatic rings. The third-order valence-electron chi connectivity index (χ3n) is 2.72. The molecule has 1 unspecified atom stereocenters. The predicted molar refractivity (Wildman–Crippen MR) is 65.9 cm³/mol. The van der Waals surface area contributed by atoms with Gasteiger partial charge in [0.15, 0.2) is 0 Å². The number of hydrogen-bond donors (Lipinski definition) is 1. The van der Waals surface area contributed by atoms with Gasteiger partial charge in [0.25, 0.3) is 0 Å². The van der Waals surface area contributed by atoms with Gasteiger partial charge in [-0.15, -0.1) is 0 Å². The van der Waals surface area contributed by atoms with Crippen LogP contribution in [0.4, 0.5) is 4.39 Å². The Bertz CT molecular complexity index is 531. The van der Waals surface area contributed by atoms with Crippen molar-refractivity contribution in [3.63, 3.8) is 0 Å². The second-order valence-electron chi connectivity index (χ2n) is 3.97. The average molecular weight is 247 g/mol. The molecule has 3 nitrogen and oxygen atoms in total. The Morgan fingerprint density at radius 1 is 1.33 bits per heavy atom. The highest BCUT2D eigenvalue weighted by Gasteiger charge is 2.12. The summed E-state index contributed by atoms with van der Waals surface area (Å²) in [5.41, 5.74) is 1.33. The van der Waals surface area contributed by atoms with E-state index in [4.69, 9.17) is 4.74 Å². The summed E-state index contributed by atoms with van der Waals surface area (Å²) < 4.78 is 18.2. The van der Waals surface area contributed by atoms with E-state index in [9.17, 15) is 9.50 Å². The molecule has 0 bridgehead atoms. The normalized spacial score (nSPS) is 12.2. The lowest BCUT2D eigenvalue weighted by molar-refractivity contribution is 0.176. The van der Waals surface area contributed by atoms with E-state index in [1.54, 1.807) is 7.11 Å². The van der Waals surface area contributed by atoms with E-state index < -0.39 is 11.9 Å². The first-order valence-corrected chi connectivity index (χ1v) is 5.61. The molecule has 18 heavy (non-hydrogen) atoms. The number of aliphatic hydroxyl groups is 1. The van der Waals surface area contributed by atoms with Gasteiger partial charge in [0.05, 0.1) is 19.4 Å². The number of nitrogens with zero attached hydrogens (tertiary/aromatic N) is 1. The van der Waals surface area contributed by atoms with E-state index in [1.807, 2.05) is 24.3 Å². The summed E-state index contributed by atoms with van der Waals surface area (Å²) in [6, 6.07) is 8.71. The molecule has 1 heterocycles. The third kappa shape index (κ3) is 2.84. The number of para-hydroxylation sites is 1. The zero-order valence-corrected chi connectivity index (χ0v) is 10.0. The Morgan fingerprint density at radius 2 is 2.11 bits per heavy atom. The Hall–Kier alpha value is -1.94. The molecule has 1 N–H and O–H groups in total. The Kier molecular flexibility index (Phi) is 3.89. The fourth-order valence-electron chi connectivity index (χ4n) is 1.81. The molecule has 1 atom stereocenters. The summed E-state index contributed by atoms with van der Waals surface area (Å²) in [5, 5.41) is 10.1. The Morgan fingerprint density at radius 3 is 2.83 bits per heavy atom. The van der Waals surface area contributed by atoms with Gasteiger partial charge < -0.3 is 9.84 Å². The zero-order valence-electron chi connectivity index (χ0n) is 10.0. The average Bonchev–Trinajstić information content (AvgIpc) is 2.39. The first kappa shape index (κ1) is 12.5. The van der Waals surface area contributed by atoms with Crippen LogP contribution in [0.15, 0.2) is 42.7 Å². The summed E-state index contributed by atoms with van der Waals surface area (Å²) in [6.45, 7) is 0. The van der Waals surface area contributed by atoms with E-state index in [2.05, 4.69) is 4.98 Å².